The van der Waals surface area contributed by atoms with Crippen molar-refractivity contribution in [2.45, 2.75) is 31.7 Å². The van der Waals surface area contributed by atoms with E-state index in [-0.39, 0.29) is 35.3 Å². The van der Waals surface area contributed by atoms with Crippen LogP contribution in [0.1, 0.15) is 41.7 Å². The van der Waals surface area contributed by atoms with Gasteiger partial charge in [0.25, 0.3) is 11.5 Å². The van der Waals surface area contributed by atoms with Crippen LogP contribution in [0, 0.1) is 5.82 Å². The molecule has 0 unspecified atom stereocenters. The van der Waals surface area contributed by atoms with Gasteiger partial charge in [0.05, 0.1) is 29.1 Å². The van der Waals surface area contributed by atoms with Crippen molar-refractivity contribution in [1.29, 1.82) is 0 Å². The third-order valence-corrected chi connectivity index (χ3v) is 5.82. The number of aromatic nitrogens is 2. The number of hydrogen-bond acceptors (Lipinski definition) is 5. The Hall–Kier alpha value is -3.56. The SMILES string of the molecule is C[C@@H](Nc1ccccc1C(=O)O)c1cc(F)cc2c(=O)n(C)c(N3CCCC(F)(F)C3)nc12. The van der Waals surface area contributed by atoms with E-state index in [1.165, 1.54) is 24.1 Å². The minimum Gasteiger partial charge on any atom is -0.478 e. The van der Waals surface area contributed by atoms with Gasteiger partial charge in [-0.15, -0.1) is 0 Å². The number of rotatable bonds is 5. The van der Waals surface area contributed by atoms with Crippen molar-refractivity contribution in [3.8, 4) is 0 Å². The second-order valence-electron chi connectivity index (χ2n) is 8.26. The molecule has 174 valence electrons. The molecule has 10 heteroatoms. The molecule has 2 N–H and O–H groups in total. The summed E-state index contributed by atoms with van der Waals surface area (Å²) in [7, 11) is 1.42. The van der Waals surface area contributed by atoms with Gasteiger partial charge in [0.1, 0.15) is 5.82 Å². The maximum atomic E-state index is 14.5. The molecule has 4 rings (SSSR count). The topological polar surface area (TPSA) is 87.5 Å². The van der Waals surface area contributed by atoms with Gasteiger partial charge in [-0.25, -0.2) is 22.9 Å². The molecule has 33 heavy (non-hydrogen) atoms. The maximum absolute atomic E-state index is 14.5. The first-order chi connectivity index (χ1) is 15.6. The molecule has 7 nitrogen and oxygen atoms in total. The normalized spacial score (nSPS) is 16.6. The summed E-state index contributed by atoms with van der Waals surface area (Å²) in [5.74, 6) is -4.60. The van der Waals surface area contributed by atoms with Gasteiger partial charge in [-0.1, -0.05) is 12.1 Å². The van der Waals surface area contributed by atoms with Crippen LogP contribution < -0.4 is 15.8 Å². The van der Waals surface area contributed by atoms with Crippen molar-refractivity contribution in [2.24, 2.45) is 7.05 Å². The Kier molecular flexibility index (Phi) is 5.77. The molecule has 1 atom stereocenters. The van der Waals surface area contributed by atoms with Crippen molar-refractivity contribution < 1.29 is 23.1 Å². The molecule has 1 aliphatic heterocycles. The number of hydrogen-bond donors (Lipinski definition) is 2. The molecule has 0 spiro atoms. The number of anilines is 2. The third kappa shape index (κ3) is 4.37. The highest BCUT2D eigenvalue weighted by Crippen LogP contribution is 2.31. The predicted molar refractivity (Wildman–Crippen MR) is 119 cm³/mol. The first kappa shape index (κ1) is 22.6. The lowest BCUT2D eigenvalue weighted by Crippen LogP contribution is -2.45. The summed E-state index contributed by atoms with van der Waals surface area (Å²) in [4.78, 5) is 30.5. The van der Waals surface area contributed by atoms with Crippen molar-refractivity contribution in [1.82, 2.24) is 9.55 Å². The number of aromatic carboxylic acids is 1. The molecule has 3 aromatic rings. The van der Waals surface area contributed by atoms with Gasteiger partial charge < -0.3 is 15.3 Å². The van der Waals surface area contributed by atoms with Crippen LogP contribution in [0.15, 0.2) is 41.2 Å². The van der Waals surface area contributed by atoms with Crippen LogP contribution in [0.25, 0.3) is 10.9 Å². The fraction of sp³-hybridized carbons (Fsp3) is 0.348. The van der Waals surface area contributed by atoms with E-state index >= 15 is 0 Å². The highest BCUT2D eigenvalue weighted by Gasteiger charge is 2.36. The Morgan fingerprint density at radius 2 is 2.00 bits per heavy atom. The zero-order valence-corrected chi connectivity index (χ0v) is 18.1. The number of para-hydroxylation sites is 1. The molecular formula is C23H23F3N4O3. The molecule has 0 aliphatic carbocycles. The average molecular weight is 460 g/mol. The summed E-state index contributed by atoms with van der Waals surface area (Å²) >= 11 is 0. The number of fused-ring (bicyclic) bond motifs is 1. The van der Waals surface area contributed by atoms with Crippen molar-refractivity contribution in [2.75, 3.05) is 23.3 Å². The monoisotopic (exact) mass is 460 g/mol. The summed E-state index contributed by atoms with van der Waals surface area (Å²) in [6.45, 7) is 1.44. The second-order valence-corrected chi connectivity index (χ2v) is 8.26. The fourth-order valence-corrected chi connectivity index (χ4v) is 4.21. The Morgan fingerprint density at radius 1 is 1.27 bits per heavy atom. The summed E-state index contributed by atoms with van der Waals surface area (Å²) in [5.41, 5.74) is 0.284. The zero-order chi connectivity index (χ0) is 23.9. The predicted octanol–water partition coefficient (Wildman–Crippen LogP) is 4.18. The number of alkyl halides is 2. The minimum atomic E-state index is -2.90. The maximum Gasteiger partial charge on any atom is 0.337 e. The van der Waals surface area contributed by atoms with Crippen LogP contribution in [-0.2, 0) is 7.05 Å². The highest BCUT2D eigenvalue weighted by molar-refractivity contribution is 5.94. The van der Waals surface area contributed by atoms with Crippen LogP contribution in [0.5, 0.6) is 0 Å². The quantitative estimate of drug-likeness (QED) is 0.594. The first-order valence-corrected chi connectivity index (χ1v) is 10.5. The molecule has 0 radical (unpaired) electrons. The number of halogens is 3. The summed E-state index contributed by atoms with van der Waals surface area (Å²) in [5, 5.41) is 12.5. The molecule has 1 saturated heterocycles. The largest absolute Gasteiger partial charge is 0.478 e. The Bertz CT molecular complexity index is 1290. The van der Waals surface area contributed by atoms with Crippen LogP contribution in [0.3, 0.4) is 0 Å². The van der Waals surface area contributed by atoms with Gasteiger partial charge in [0, 0.05) is 31.3 Å². The van der Waals surface area contributed by atoms with E-state index < -0.39 is 35.9 Å². The number of piperidine rings is 1. The van der Waals surface area contributed by atoms with Crippen LogP contribution in [0.2, 0.25) is 0 Å². The van der Waals surface area contributed by atoms with Gasteiger partial charge in [0.2, 0.25) is 5.95 Å². The first-order valence-electron chi connectivity index (χ1n) is 10.5. The van der Waals surface area contributed by atoms with Crippen molar-refractivity contribution in [3.63, 3.8) is 0 Å². The van der Waals surface area contributed by atoms with E-state index in [2.05, 4.69) is 10.3 Å². The molecule has 2 aromatic carbocycles. The minimum absolute atomic E-state index is 0.0141. The van der Waals surface area contributed by atoms with E-state index in [1.807, 2.05) is 0 Å². The highest BCUT2D eigenvalue weighted by atomic mass is 19.3. The van der Waals surface area contributed by atoms with Gasteiger partial charge >= 0.3 is 5.97 Å². The van der Waals surface area contributed by atoms with E-state index in [9.17, 15) is 27.9 Å². The van der Waals surface area contributed by atoms with Gasteiger partial charge in [-0.05, 0) is 37.6 Å². The molecule has 0 amide bonds. The summed E-state index contributed by atoms with van der Waals surface area (Å²) in [6, 6.07) is 7.90. The number of benzene rings is 2. The van der Waals surface area contributed by atoms with Crippen LogP contribution in [-0.4, -0.2) is 39.6 Å². The summed E-state index contributed by atoms with van der Waals surface area (Å²) in [6.07, 6.45) is 0.0204. The van der Waals surface area contributed by atoms with Crippen molar-refractivity contribution >= 4 is 28.5 Å². The van der Waals surface area contributed by atoms with Gasteiger partial charge in [-0.3, -0.25) is 9.36 Å². The van der Waals surface area contributed by atoms with Crippen LogP contribution >= 0.6 is 0 Å². The number of nitrogens with one attached hydrogen (secondary N) is 1. The second kappa shape index (κ2) is 8.42. The van der Waals surface area contributed by atoms with E-state index in [1.54, 1.807) is 25.1 Å². The van der Waals surface area contributed by atoms with Gasteiger partial charge in [-0.2, -0.15) is 0 Å². The Labute approximate surface area is 187 Å². The molecular weight excluding hydrogens is 437 g/mol. The number of carboxylic acid groups (broad SMARTS) is 1. The lowest BCUT2D eigenvalue weighted by atomic mass is 10.0. The molecule has 1 aromatic heterocycles. The Morgan fingerprint density at radius 3 is 2.70 bits per heavy atom. The molecule has 1 aliphatic rings. The molecule has 0 bridgehead atoms. The van der Waals surface area contributed by atoms with E-state index in [0.717, 1.165) is 10.6 Å². The van der Waals surface area contributed by atoms with Crippen LogP contribution in [0.4, 0.5) is 24.8 Å². The van der Waals surface area contributed by atoms with Gasteiger partial charge in [0.15, 0.2) is 0 Å². The summed E-state index contributed by atoms with van der Waals surface area (Å²) < 4.78 is 43.7. The average Bonchev–Trinajstić information content (AvgIpc) is 2.75. The van der Waals surface area contributed by atoms with E-state index in [0.29, 0.717) is 17.8 Å². The number of nitrogens with zero attached hydrogens (tertiary/aromatic N) is 3. The molecule has 2 heterocycles. The lowest BCUT2D eigenvalue weighted by Gasteiger charge is -2.34. The molecule has 0 saturated carbocycles. The number of carbonyl (C=O) groups is 1. The number of carboxylic acids is 1. The lowest BCUT2D eigenvalue weighted by molar-refractivity contribution is -0.0122. The standard InChI is InChI=1S/C23H23F3N4O3/c1-13(27-18-7-4-3-6-15(18)21(32)33)16-10-14(24)11-17-19(16)28-22(29(2)20(17)31)30-9-5-8-23(25,26)12-30/h3-4,6-7,10-11,13,27H,5,8-9,12H2,1-2H3,(H,32,33)/t13-/m1/s1. The van der Waals surface area contributed by atoms with E-state index in [4.69, 9.17) is 0 Å². The Balaban J connectivity index is 1.83. The molecule has 1 fully saturated rings. The smallest absolute Gasteiger partial charge is 0.337 e. The fourth-order valence-electron chi connectivity index (χ4n) is 4.21. The zero-order valence-electron chi connectivity index (χ0n) is 18.1. The van der Waals surface area contributed by atoms with Crippen molar-refractivity contribution in [3.05, 3.63) is 63.7 Å². The third-order valence-electron chi connectivity index (χ3n) is 5.82.